The van der Waals surface area contributed by atoms with Gasteiger partial charge in [0.1, 0.15) is 0 Å². The second kappa shape index (κ2) is 5.36. The maximum atomic E-state index is 12.2. The molecular weight excluding hydrogens is 354 g/mol. The first-order valence-electron chi connectivity index (χ1n) is 5.08. The number of anilines is 2. The molecule has 3 N–H and O–H groups in total. The van der Waals surface area contributed by atoms with Crippen LogP contribution in [0, 0.1) is 0 Å². The molecule has 19 heavy (non-hydrogen) atoms. The number of benzene rings is 1. The first-order valence-corrected chi connectivity index (χ1v) is 7.74. The number of nitrogens with two attached hydrogens (primary N) is 1. The zero-order valence-corrected chi connectivity index (χ0v) is 12.6. The number of hydrogen-bond acceptors (Lipinski definition) is 4. The van der Waals surface area contributed by atoms with Crippen LogP contribution in [0.2, 0.25) is 5.02 Å². The molecule has 2 aromatic rings. The number of halogens is 2. The highest BCUT2D eigenvalue weighted by Gasteiger charge is 2.20. The fourth-order valence-electron chi connectivity index (χ4n) is 1.40. The van der Waals surface area contributed by atoms with Crippen LogP contribution in [0.3, 0.4) is 0 Å². The maximum absolute atomic E-state index is 12.2. The van der Waals surface area contributed by atoms with Gasteiger partial charge in [0.15, 0.2) is 5.03 Å². The second-order valence-corrected chi connectivity index (χ2v) is 6.55. The van der Waals surface area contributed by atoms with Gasteiger partial charge in [-0.2, -0.15) is 8.42 Å². The van der Waals surface area contributed by atoms with Gasteiger partial charge in [-0.25, -0.2) is 4.98 Å². The van der Waals surface area contributed by atoms with E-state index in [9.17, 15) is 8.42 Å². The molecule has 0 aliphatic heterocycles. The molecule has 0 amide bonds. The van der Waals surface area contributed by atoms with Crippen LogP contribution in [0.1, 0.15) is 0 Å². The number of sulfonamides is 1. The van der Waals surface area contributed by atoms with Crippen molar-refractivity contribution in [1.29, 1.82) is 0 Å². The lowest BCUT2D eigenvalue weighted by Gasteiger charge is -2.10. The second-order valence-electron chi connectivity index (χ2n) is 3.63. The van der Waals surface area contributed by atoms with Crippen molar-refractivity contribution in [1.82, 2.24) is 4.98 Å². The van der Waals surface area contributed by atoms with E-state index in [4.69, 9.17) is 17.3 Å². The first-order chi connectivity index (χ1) is 8.90. The Bertz CT molecular complexity index is 722. The van der Waals surface area contributed by atoms with Crippen molar-refractivity contribution in [2.75, 3.05) is 10.5 Å². The molecule has 0 saturated carbocycles. The molecule has 0 aliphatic rings. The molecule has 1 aromatic heterocycles. The van der Waals surface area contributed by atoms with Crippen LogP contribution in [0.25, 0.3) is 0 Å². The van der Waals surface area contributed by atoms with E-state index in [1.807, 2.05) is 0 Å². The molecule has 100 valence electrons. The van der Waals surface area contributed by atoms with Gasteiger partial charge in [-0.1, -0.05) is 27.5 Å². The lowest BCUT2D eigenvalue weighted by atomic mass is 10.3. The third kappa shape index (κ3) is 3.17. The smallest absolute Gasteiger partial charge is 0.281 e. The first kappa shape index (κ1) is 14.1. The monoisotopic (exact) mass is 361 g/mol. The predicted molar refractivity (Wildman–Crippen MR) is 78.6 cm³/mol. The van der Waals surface area contributed by atoms with Gasteiger partial charge < -0.3 is 5.73 Å². The topological polar surface area (TPSA) is 85.1 Å². The molecule has 0 atom stereocenters. The summed E-state index contributed by atoms with van der Waals surface area (Å²) < 4.78 is 27.4. The summed E-state index contributed by atoms with van der Waals surface area (Å²) in [5.41, 5.74) is 5.93. The summed E-state index contributed by atoms with van der Waals surface area (Å²) in [7, 11) is -3.87. The van der Waals surface area contributed by atoms with Crippen molar-refractivity contribution in [3.63, 3.8) is 0 Å². The Balaban J connectivity index is 2.43. The van der Waals surface area contributed by atoms with E-state index in [0.29, 0.717) is 4.47 Å². The molecule has 2 rings (SSSR count). The lowest BCUT2D eigenvalue weighted by Crippen LogP contribution is -2.16. The fourth-order valence-corrected chi connectivity index (χ4v) is 3.11. The highest BCUT2D eigenvalue weighted by atomic mass is 79.9. The Hall–Kier alpha value is -1.31. The van der Waals surface area contributed by atoms with Crippen molar-refractivity contribution in [3.8, 4) is 0 Å². The number of hydrogen-bond donors (Lipinski definition) is 2. The van der Waals surface area contributed by atoms with Crippen molar-refractivity contribution in [3.05, 3.63) is 46.0 Å². The number of nitrogen functional groups attached to an aromatic ring is 1. The van der Waals surface area contributed by atoms with Crippen LogP contribution in [0.15, 0.2) is 46.0 Å². The predicted octanol–water partition coefficient (Wildman–Crippen LogP) is 2.88. The summed E-state index contributed by atoms with van der Waals surface area (Å²) in [6.07, 6.45) is 1.35. The Morgan fingerprint density at radius 1 is 1.32 bits per heavy atom. The molecular formula is C11H9BrClN3O2S. The van der Waals surface area contributed by atoms with Crippen LogP contribution in [-0.4, -0.2) is 13.4 Å². The van der Waals surface area contributed by atoms with Crippen LogP contribution in [0.5, 0.6) is 0 Å². The molecule has 0 spiro atoms. The van der Waals surface area contributed by atoms with Crippen LogP contribution in [0.4, 0.5) is 11.4 Å². The number of pyridine rings is 1. The fraction of sp³-hybridized carbons (Fsp3) is 0. The average Bonchev–Trinajstić information content (AvgIpc) is 2.34. The molecule has 8 heteroatoms. The zero-order chi connectivity index (χ0) is 14.0. The van der Waals surface area contributed by atoms with Crippen molar-refractivity contribution in [2.45, 2.75) is 5.03 Å². The van der Waals surface area contributed by atoms with E-state index in [-0.39, 0.29) is 21.4 Å². The van der Waals surface area contributed by atoms with Gasteiger partial charge >= 0.3 is 0 Å². The van der Waals surface area contributed by atoms with Gasteiger partial charge in [0.25, 0.3) is 10.0 Å². The van der Waals surface area contributed by atoms with Crippen molar-refractivity contribution >= 4 is 48.9 Å². The SMILES string of the molecule is Nc1cccnc1S(=O)(=O)Nc1cc(Br)ccc1Cl. The van der Waals surface area contributed by atoms with E-state index < -0.39 is 10.0 Å². The molecule has 1 heterocycles. The zero-order valence-electron chi connectivity index (χ0n) is 9.47. The average molecular weight is 363 g/mol. The summed E-state index contributed by atoms with van der Waals surface area (Å²) in [5.74, 6) is 0. The highest BCUT2D eigenvalue weighted by molar-refractivity contribution is 9.10. The van der Waals surface area contributed by atoms with Gasteiger partial charge in [0.2, 0.25) is 0 Å². The number of aromatic nitrogens is 1. The summed E-state index contributed by atoms with van der Waals surface area (Å²) in [6, 6.07) is 7.85. The minimum atomic E-state index is -3.87. The number of nitrogens with one attached hydrogen (secondary N) is 1. The van der Waals surface area contributed by atoms with Gasteiger partial charge in [-0.15, -0.1) is 0 Å². The third-order valence-electron chi connectivity index (χ3n) is 2.23. The van der Waals surface area contributed by atoms with Crippen molar-refractivity contribution in [2.24, 2.45) is 0 Å². The van der Waals surface area contributed by atoms with E-state index in [1.165, 1.54) is 12.3 Å². The molecule has 0 radical (unpaired) electrons. The summed E-state index contributed by atoms with van der Waals surface area (Å²) in [4.78, 5) is 3.77. The summed E-state index contributed by atoms with van der Waals surface area (Å²) in [6.45, 7) is 0. The van der Waals surface area contributed by atoms with Crippen LogP contribution < -0.4 is 10.5 Å². The minimum absolute atomic E-state index is 0.0705. The van der Waals surface area contributed by atoms with E-state index in [0.717, 1.165) is 0 Å². The Morgan fingerprint density at radius 2 is 2.05 bits per heavy atom. The number of rotatable bonds is 3. The molecule has 1 aromatic carbocycles. The standard InChI is InChI=1S/C11H9BrClN3O2S/c12-7-3-4-8(13)10(6-7)16-19(17,18)11-9(14)2-1-5-15-11/h1-6,16H,14H2. The van der Waals surface area contributed by atoms with Gasteiger partial charge in [0.05, 0.1) is 16.4 Å². The van der Waals surface area contributed by atoms with Crippen molar-refractivity contribution < 1.29 is 8.42 Å². The summed E-state index contributed by atoms with van der Waals surface area (Å²) >= 11 is 9.17. The lowest BCUT2D eigenvalue weighted by molar-refractivity contribution is 0.598. The minimum Gasteiger partial charge on any atom is -0.396 e. The highest BCUT2D eigenvalue weighted by Crippen LogP contribution is 2.28. The molecule has 0 unspecified atom stereocenters. The Morgan fingerprint density at radius 3 is 2.74 bits per heavy atom. The quantitative estimate of drug-likeness (QED) is 0.879. The van der Waals surface area contributed by atoms with E-state index in [2.05, 4.69) is 25.6 Å². The normalized spacial score (nSPS) is 11.3. The van der Waals surface area contributed by atoms with Crippen LogP contribution in [-0.2, 0) is 10.0 Å². The summed E-state index contributed by atoms with van der Waals surface area (Å²) in [5, 5.41) is 0.0484. The largest absolute Gasteiger partial charge is 0.396 e. The van der Waals surface area contributed by atoms with Gasteiger partial charge in [-0.05, 0) is 30.3 Å². The van der Waals surface area contributed by atoms with Gasteiger partial charge in [0, 0.05) is 10.7 Å². The molecule has 0 saturated heterocycles. The van der Waals surface area contributed by atoms with Gasteiger partial charge in [-0.3, -0.25) is 4.72 Å². The Labute approximate surface area is 124 Å². The molecule has 0 fully saturated rings. The molecule has 5 nitrogen and oxygen atoms in total. The maximum Gasteiger partial charge on any atom is 0.281 e. The van der Waals surface area contributed by atoms with Crippen LogP contribution >= 0.6 is 27.5 Å². The van der Waals surface area contributed by atoms with E-state index >= 15 is 0 Å². The van der Waals surface area contributed by atoms with E-state index in [1.54, 1.807) is 24.3 Å². The number of nitrogens with zero attached hydrogens (tertiary/aromatic N) is 1. The third-order valence-corrected chi connectivity index (χ3v) is 4.39. The molecule has 0 bridgehead atoms. The Kier molecular flexibility index (Phi) is 3.98. The molecule has 0 aliphatic carbocycles.